The second-order valence-electron chi connectivity index (χ2n) is 4.32. The molecule has 0 aliphatic heterocycles. The van der Waals surface area contributed by atoms with E-state index in [1.165, 1.54) is 6.07 Å². The van der Waals surface area contributed by atoms with Gasteiger partial charge >= 0.3 is 5.97 Å². The third-order valence-electron chi connectivity index (χ3n) is 2.79. The van der Waals surface area contributed by atoms with Gasteiger partial charge in [-0.15, -0.1) is 0 Å². The Morgan fingerprint density at radius 2 is 1.95 bits per heavy atom. The van der Waals surface area contributed by atoms with Gasteiger partial charge in [-0.2, -0.15) is 0 Å². The Morgan fingerprint density at radius 3 is 2.58 bits per heavy atom. The molecule has 98 valence electrons. The van der Waals surface area contributed by atoms with E-state index in [4.69, 9.17) is 5.11 Å². The summed E-state index contributed by atoms with van der Waals surface area (Å²) in [5.41, 5.74) is 2.77. The fraction of sp³-hybridized carbons (Fsp3) is 0.133. The van der Waals surface area contributed by atoms with E-state index in [9.17, 15) is 9.18 Å². The number of carboxylic acid groups (broad SMARTS) is 1. The summed E-state index contributed by atoms with van der Waals surface area (Å²) in [4.78, 5) is 10.6. The number of carboxylic acids is 1. The summed E-state index contributed by atoms with van der Waals surface area (Å²) in [5, 5.41) is 11.7. The highest BCUT2D eigenvalue weighted by molar-refractivity contribution is 5.71. The predicted octanol–water partition coefficient (Wildman–Crippen LogP) is 3.50. The third-order valence-corrected chi connectivity index (χ3v) is 2.79. The molecule has 0 fully saturated rings. The summed E-state index contributed by atoms with van der Waals surface area (Å²) in [6, 6.07) is 11.7. The fourth-order valence-electron chi connectivity index (χ4n) is 1.86. The maximum Gasteiger partial charge on any atom is 0.307 e. The largest absolute Gasteiger partial charge is 0.481 e. The fourth-order valence-corrected chi connectivity index (χ4v) is 1.86. The normalized spacial score (nSPS) is 10.2. The van der Waals surface area contributed by atoms with E-state index in [1.807, 2.05) is 6.92 Å². The topological polar surface area (TPSA) is 49.3 Å². The first-order chi connectivity index (χ1) is 9.06. The molecule has 0 aliphatic carbocycles. The number of aliphatic carboxylic acids is 1. The van der Waals surface area contributed by atoms with Crippen molar-refractivity contribution in [1.29, 1.82) is 0 Å². The van der Waals surface area contributed by atoms with Crippen LogP contribution in [0.25, 0.3) is 0 Å². The van der Waals surface area contributed by atoms with E-state index in [-0.39, 0.29) is 12.2 Å². The summed E-state index contributed by atoms with van der Waals surface area (Å²) in [6.45, 7) is 1.86. The van der Waals surface area contributed by atoms with Gasteiger partial charge in [-0.1, -0.05) is 24.3 Å². The van der Waals surface area contributed by atoms with Crippen molar-refractivity contribution in [1.82, 2.24) is 0 Å². The zero-order valence-corrected chi connectivity index (χ0v) is 10.5. The van der Waals surface area contributed by atoms with Crippen LogP contribution >= 0.6 is 0 Å². The van der Waals surface area contributed by atoms with Crippen LogP contribution in [0.4, 0.5) is 15.8 Å². The SMILES string of the molecule is Cc1cc(CC(=O)O)ccc1Nc1ccccc1F. The van der Waals surface area contributed by atoms with Crippen LogP contribution in [0.3, 0.4) is 0 Å². The molecule has 0 atom stereocenters. The molecule has 0 saturated heterocycles. The van der Waals surface area contributed by atoms with Crippen molar-refractivity contribution in [2.45, 2.75) is 13.3 Å². The molecule has 19 heavy (non-hydrogen) atoms. The first kappa shape index (κ1) is 13.1. The van der Waals surface area contributed by atoms with Gasteiger partial charge in [-0.25, -0.2) is 4.39 Å². The van der Waals surface area contributed by atoms with E-state index in [0.717, 1.165) is 16.8 Å². The van der Waals surface area contributed by atoms with Crippen LogP contribution in [-0.4, -0.2) is 11.1 Å². The van der Waals surface area contributed by atoms with Crippen molar-refractivity contribution in [2.75, 3.05) is 5.32 Å². The van der Waals surface area contributed by atoms with Gasteiger partial charge in [0.15, 0.2) is 0 Å². The Balaban J connectivity index is 2.22. The van der Waals surface area contributed by atoms with E-state index >= 15 is 0 Å². The molecular formula is C15H14FNO2. The monoisotopic (exact) mass is 259 g/mol. The van der Waals surface area contributed by atoms with Gasteiger partial charge in [0.1, 0.15) is 5.82 Å². The average molecular weight is 259 g/mol. The molecule has 2 N–H and O–H groups in total. The lowest BCUT2D eigenvalue weighted by atomic mass is 10.1. The number of anilines is 2. The van der Waals surface area contributed by atoms with Crippen molar-refractivity contribution in [2.24, 2.45) is 0 Å². The smallest absolute Gasteiger partial charge is 0.307 e. The van der Waals surface area contributed by atoms with Gasteiger partial charge in [0.2, 0.25) is 0 Å². The van der Waals surface area contributed by atoms with E-state index in [0.29, 0.717) is 5.69 Å². The second-order valence-corrected chi connectivity index (χ2v) is 4.32. The number of benzene rings is 2. The lowest BCUT2D eigenvalue weighted by Gasteiger charge is -2.11. The molecule has 0 bridgehead atoms. The molecule has 0 aliphatic rings. The lowest BCUT2D eigenvalue weighted by molar-refractivity contribution is -0.136. The maximum absolute atomic E-state index is 13.5. The zero-order chi connectivity index (χ0) is 13.8. The number of carbonyl (C=O) groups is 1. The van der Waals surface area contributed by atoms with Crippen molar-refractivity contribution in [3.05, 3.63) is 59.4 Å². The van der Waals surface area contributed by atoms with Gasteiger partial charge in [0.25, 0.3) is 0 Å². The number of para-hydroxylation sites is 1. The standard InChI is InChI=1S/C15H14FNO2/c1-10-8-11(9-15(18)19)6-7-13(10)17-14-5-3-2-4-12(14)16/h2-8,17H,9H2,1H3,(H,18,19). The van der Waals surface area contributed by atoms with Crippen LogP contribution in [0.2, 0.25) is 0 Å². The number of hydrogen-bond acceptors (Lipinski definition) is 2. The highest BCUT2D eigenvalue weighted by Gasteiger charge is 2.06. The highest BCUT2D eigenvalue weighted by Crippen LogP contribution is 2.23. The Hall–Kier alpha value is -2.36. The number of aryl methyl sites for hydroxylation is 1. The van der Waals surface area contributed by atoms with Gasteiger partial charge in [0, 0.05) is 5.69 Å². The molecule has 0 amide bonds. The van der Waals surface area contributed by atoms with Crippen LogP contribution in [0, 0.1) is 12.7 Å². The molecule has 0 radical (unpaired) electrons. The molecule has 2 aromatic rings. The minimum absolute atomic E-state index is 0.0131. The summed E-state index contributed by atoms with van der Waals surface area (Å²) in [7, 11) is 0. The number of rotatable bonds is 4. The third kappa shape index (κ3) is 3.31. The van der Waals surface area contributed by atoms with E-state index in [1.54, 1.807) is 36.4 Å². The Bertz CT molecular complexity index is 611. The first-order valence-corrected chi connectivity index (χ1v) is 5.89. The maximum atomic E-state index is 13.5. The number of nitrogens with one attached hydrogen (secondary N) is 1. The quantitative estimate of drug-likeness (QED) is 0.883. The molecule has 0 spiro atoms. The van der Waals surface area contributed by atoms with Crippen LogP contribution in [-0.2, 0) is 11.2 Å². The number of halogens is 1. The molecule has 0 aromatic heterocycles. The lowest BCUT2D eigenvalue weighted by Crippen LogP contribution is -2.01. The molecule has 0 saturated carbocycles. The Labute approximate surface area is 110 Å². The Morgan fingerprint density at radius 1 is 1.21 bits per heavy atom. The summed E-state index contributed by atoms with van der Waals surface area (Å²) < 4.78 is 13.5. The second kappa shape index (κ2) is 5.52. The van der Waals surface area contributed by atoms with Gasteiger partial charge in [-0.05, 0) is 36.2 Å². The molecule has 2 rings (SSSR count). The van der Waals surface area contributed by atoms with Crippen molar-refractivity contribution < 1.29 is 14.3 Å². The first-order valence-electron chi connectivity index (χ1n) is 5.89. The van der Waals surface area contributed by atoms with Crippen molar-refractivity contribution >= 4 is 17.3 Å². The zero-order valence-electron chi connectivity index (χ0n) is 10.5. The van der Waals surface area contributed by atoms with Crippen molar-refractivity contribution in [3.63, 3.8) is 0 Å². The van der Waals surface area contributed by atoms with Crippen LogP contribution < -0.4 is 5.32 Å². The summed E-state index contributed by atoms with van der Waals surface area (Å²) in [5.74, 6) is -1.19. The minimum Gasteiger partial charge on any atom is -0.481 e. The van der Waals surface area contributed by atoms with Gasteiger partial charge in [-0.3, -0.25) is 4.79 Å². The highest BCUT2D eigenvalue weighted by atomic mass is 19.1. The van der Waals surface area contributed by atoms with E-state index < -0.39 is 5.97 Å². The minimum atomic E-state index is -0.866. The average Bonchev–Trinajstić information content (AvgIpc) is 2.34. The molecule has 4 heteroatoms. The van der Waals surface area contributed by atoms with Crippen LogP contribution in [0.5, 0.6) is 0 Å². The predicted molar refractivity (Wildman–Crippen MR) is 72.2 cm³/mol. The Kier molecular flexibility index (Phi) is 3.80. The molecule has 2 aromatic carbocycles. The molecule has 0 heterocycles. The van der Waals surface area contributed by atoms with Gasteiger partial charge < -0.3 is 10.4 Å². The van der Waals surface area contributed by atoms with Crippen LogP contribution in [0.15, 0.2) is 42.5 Å². The molecule has 0 unspecified atom stereocenters. The van der Waals surface area contributed by atoms with E-state index in [2.05, 4.69) is 5.32 Å². The molecule has 3 nitrogen and oxygen atoms in total. The summed E-state index contributed by atoms with van der Waals surface area (Å²) >= 11 is 0. The summed E-state index contributed by atoms with van der Waals surface area (Å²) in [6.07, 6.45) is -0.0131. The van der Waals surface area contributed by atoms with Gasteiger partial charge in [0.05, 0.1) is 12.1 Å². The van der Waals surface area contributed by atoms with Crippen LogP contribution in [0.1, 0.15) is 11.1 Å². The number of hydrogen-bond donors (Lipinski definition) is 2. The van der Waals surface area contributed by atoms with Crippen molar-refractivity contribution in [3.8, 4) is 0 Å². The molecular weight excluding hydrogens is 245 g/mol.